The van der Waals surface area contributed by atoms with Gasteiger partial charge in [-0.1, -0.05) is 34.8 Å². The lowest BCUT2D eigenvalue weighted by Crippen LogP contribution is -1.95. The first kappa shape index (κ1) is 24.7. The van der Waals surface area contributed by atoms with Gasteiger partial charge in [0.15, 0.2) is 0 Å². The molecule has 0 saturated heterocycles. The van der Waals surface area contributed by atoms with Gasteiger partial charge in [0.1, 0.15) is 0 Å². The summed E-state index contributed by atoms with van der Waals surface area (Å²) in [6.45, 7) is 0. The van der Waals surface area contributed by atoms with Crippen LogP contribution in [-0.2, 0) is 0 Å². The highest BCUT2D eigenvalue weighted by atomic mass is 35.5. The molecule has 3 aromatic rings. The Bertz CT molecular complexity index is 950. The minimum Gasteiger partial charge on any atom is -0.281 e. The summed E-state index contributed by atoms with van der Waals surface area (Å²) in [4.78, 5) is 38.2. The Morgan fingerprint density at radius 2 is 0.710 bits per heavy atom. The third kappa shape index (κ3) is 7.54. The van der Waals surface area contributed by atoms with Gasteiger partial charge in [-0.2, -0.15) is 0 Å². The standard InChI is InChI=1S/C21H12Cl3O3PS3/c22-16-7-1-13(2-8-16)19(25)29-28(30-20(26)14-3-9-17(23)10-4-14)31-21(27)15-5-11-18(24)12-6-15/h1-12H. The third-order valence-corrected chi connectivity index (χ3v) is 13.0. The fourth-order valence-corrected chi connectivity index (χ4v) is 11.0. The molecule has 0 atom stereocenters. The molecule has 3 rings (SSSR count). The lowest BCUT2D eigenvalue weighted by Gasteiger charge is -2.13. The van der Waals surface area contributed by atoms with Crippen LogP contribution in [0.3, 0.4) is 0 Å². The molecule has 0 bridgehead atoms. The largest absolute Gasteiger partial charge is 0.281 e. The van der Waals surface area contributed by atoms with Crippen molar-refractivity contribution < 1.29 is 14.4 Å². The van der Waals surface area contributed by atoms with Crippen molar-refractivity contribution in [2.24, 2.45) is 0 Å². The molecule has 0 spiro atoms. The smallest absolute Gasteiger partial charge is 0.225 e. The summed E-state index contributed by atoms with van der Waals surface area (Å²) in [6.07, 6.45) is 0. The normalized spacial score (nSPS) is 10.8. The zero-order valence-corrected chi connectivity index (χ0v) is 21.1. The molecule has 0 aliphatic rings. The fourth-order valence-electron chi connectivity index (χ4n) is 2.18. The topological polar surface area (TPSA) is 51.2 Å². The molecule has 0 saturated carbocycles. The second kappa shape index (κ2) is 11.8. The van der Waals surface area contributed by atoms with Gasteiger partial charge in [-0.05, 0) is 107 Å². The lowest BCUT2D eigenvalue weighted by atomic mass is 10.2. The molecule has 10 heteroatoms. The SMILES string of the molecule is O=C(SP(SC(=O)c1ccc(Cl)cc1)SC(=O)c1ccc(Cl)cc1)c1ccc(Cl)cc1. The highest BCUT2D eigenvalue weighted by Gasteiger charge is 2.25. The maximum absolute atomic E-state index is 12.7. The van der Waals surface area contributed by atoms with Crippen molar-refractivity contribution in [3.63, 3.8) is 0 Å². The molecule has 0 aliphatic carbocycles. The van der Waals surface area contributed by atoms with Crippen LogP contribution < -0.4 is 0 Å². The zero-order chi connectivity index (χ0) is 22.4. The molecular weight excluding hydrogens is 534 g/mol. The van der Waals surface area contributed by atoms with Crippen LogP contribution in [0.5, 0.6) is 0 Å². The summed E-state index contributed by atoms with van der Waals surface area (Å²) >= 11 is 20.6. The molecule has 0 heterocycles. The Morgan fingerprint density at radius 3 is 0.935 bits per heavy atom. The lowest BCUT2D eigenvalue weighted by molar-refractivity contribution is 0.108. The predicted molar refractivity (Wildman–Crippen MR) is 137 cm³/mol. The number of halogens is 3. The Labute approximate surface area is 207 Å². The van der Waals surface area contributed by atoms with E-state index in [1.807, 2.05) is 0 Å². The van der Waals surface area contributed by atoms with Crippen molar-refractivity contribution in [1.82, 2.24) is 0 Å². The van der Waals surface area contributed by atoms with Crippen LogP contribution in [0.25, 0.3) is 0 Å². The summed E-state index contributed by atoms with van der Waals surface area (Å²) in [5.41, 5.74) is -0.134. The van der Waals surface area contributed by atoms with Gasteiger partial charge in [-0.15, -0.1) is 0 Å². The number of rotatable bonds is 6. The number of carbonyl (C=O) groups excluding carboxylic acids is 3. The van der Waals surface area contributed by atoms with E-state index in [0.29, 0.717) is 31.8 Å². The third-order valence-electron chi connectivity index (χ3n) is 3.71. The van der Waals surface area contributed by atoms with Gasteiger partial charge in [-0.25, -0.2) is 0 Å². The first-order valence-electron chi connectivity index (χ1n) is 8.55. The Kier molecular flexibility index (Phi) is 9.35. The fraction of sp³-hybridized carbons (Fsp3) is 0. The van der Waals surface area contributed by atoms with Crippen LogP contribution in [0.1, 0.15) is 31.1 Å². The summed E-state index contributed by atoms with van der Waals surface area (Å²) in [5, 5.41) is 0.831. The van der Waals surface area contributed by atoms with Crippen LogP contribution in [0, 0.1) is 0 Å². The van der Waals surface area contributed by atoms with Gasteiger partial charge in [0.2, 0.25) is 15.3 Å². The van der Waals surface area contributed by atoms with E-state index >= 15 is 0 Å². The maximum Gasteiger partial charge on any atom is 0.225 e. The van der Waals surface area contributed by atoms with Crippen LogP contribution in [-0.4, -0.2) is 15.3 Å². The van der Waals surface area contributed by atoms with Crippen molar-refractivity contribution >= 4 is 89.8 Å². The van der Waals surface area contributed by atoms with E-state index in [9.17, 15) is 14.4 Å². The molecule has 0 aromatic heterocycles. The molecule has 3 aromatic carbocycles. The van der Waals surface area contributed by atoms with Gasteiger partial charge in [-0.3, -0.25) is 14.4 Å². The number of hydrogen-bond donors (Lipinski definition) is 0. The average molecular weight is 546 g/mol. The molecule has 0 amide bonds. The molecule has 158 valence electrons. The van der Waals surface area contributed by atoms with Gasteiger partial charge < -0.3 is 0 Å². The highest BCUT2D eigenvalue weighted by molar-refractivity contribution is 9.18. The highest BCUT2D eigenvalue weighted by Crippen LogP contribution is 2.72. The molecule has 0 radical (unpaired) electrons. The van der Waals surface area contributed by atoms with E-state index in [0.717, 1.165) is 34.1 Å². The van der Waals surface area contributed by atoms with Crippen molar-refractivity contribution in [2.75, 3.05) is 0 Å². The monoisotopic (exact) mass is 544 g/mol. The molecule has 0 N–H and O–H groups in total. The molecule has 0 unspecified atom stereocenters. The molecule has 0 aliphatic heterocycles. The Hall–Kier alpha value is -0.980. The van der Waals surface area contributed by atoms with E-state index in [2.05, 4.69) is 0 Å². The van der Waals surface area contributed by atoms with Crippen LogP contribution >= 0.6 is 74.5 Å². The number of carbonyl (C=O) groups is 3. The zero-order valence-electron chi connectivity index (χ0n) is 15.5. The first-order valence-corrected chi connectivity index (χ1v) is 15.3. The minimum absolute atomic E-state index is 0.240. The van der Waals surface area contributed by atoms with Crippen molar-refractivity contribution in [3.8, 4) is 0 Å². The van der Waals surface area contributed by atoms with Crippen molar-refractivity contribution in [3.05, 3.63) is 105 Å². The second-order valence-corrected chi connectivity index (χ2v) is 16.3. The van der Waals surface area contributed by atoms with E-state index < -0.39 is 5.53 Å². The van der Waals surface area contributed by atoms with Gasteiger partial charge in [0, 0.05) is 31.8 Å². The van der Waals surface area contributed by atoms with Crippen molar-refractivity contribution in [2.45, 2.75) is 0 Å². The summed E-state index contributed by atoms with van der Waals surface area (Å²) in [6, 6.07) is 19.4. The maximum atomic E-state index is 12.7. The van der Waals surface area contributed by atoms with Gasteiger partial charge in [0.25, 0.3) is 0 Å². The van der Waals surface area contributed by atoms with E-state index in [1.54, 1.807) is 72.8 Å². The number of hydrogen-bond acceptors (Lipinski definition) is 6. The molecule has 0 fully saturated rings. The van der Waals surface area contributed by atoms with E-state index in [1.165, 1.54) is 0 Å². The quantitative estimate of drug-likeness (QED) is 0.288. The second-order valence-electron chi connectivity index (χ2n) is 5.88. The first-order chi connectivity index (χ1) is 14.8. The van der Waals surface area contributed by atoms with E-state index in [-0.39, 0.29) is 15.3 Å². The molecule has 3 nitrogen and oxygen atoms in total. The summed E-state index contributed by atoms with van der Waals surface area (Å²) in [5.74, 6) is 0. The summed E-state index contributed by atoms with van der Waals surface area (Å²) < 4.78 is 0. The minimum atomic E-state index is -1.47. The Morgan fingerprint density at radius 1 is 0.484 bits per heavy atom. The van der Waals surface area contributed by atoms with Crippen LogP contribution in [0.2, 0.25) is 15.1 Å². The van der Waals surface area contributed by atoms with Crippen molar-refractivity contribution in [1.29, 1.82) is 0 Å². The van der Waals surface area contributed by atoms with Gasteiger partial charge >= 0.3 is 0 Å². The van der Waals surface area contributed by atoms with Gasteiger partial charge in [0.05, 0.1) is 5.53 Å². The molecular formula is C21H12Cl3O3PS3. The molecule has 31 heavy (non-hydrogen) atoms. The summed E-state index contributed by atoms with van der Waals surface area (Å²) in [7, 11) is 0. The number of benzene rings is 3. The Balaban J connectivity index is 1.78. The van der Waals surface area contributed by atoms with Crippen LogP contribution in [0.15, 0.2) is 72.8 Å². The predicted octanol–water partition coefficient (Wildman–Crippen LogP) is 8.89. The van der Waals surface area contributed by atoms with E-state index in [4.69, 9.17) is 34.8 Å². The average Bonchev–Trinajstić information content (AvgIpc) is 2.75. The van der Waals surface area contributed by atoms with Crippen LogP contribution in [0.4, 0.5) is 0 Å².